The Kier molecular flexibility index (Phi) is 6.19. The summed E-state index contributed by atoms with van der Waals surface area (Å²) in [5, 5.41) is 14.8. The van der Waals surface area contributed by atoms with Crippen LogP contribution in [0.2, 0.25) is 0 Å². The minimum absolute atomic E-state index is 0.0381. The van der Waals surface area contributed by atoms with Gasteiger partial charge in [-0.05, 0) is 69.7 Å². The maximum absolute atomic E-state index is 12.1. The molecule has 2 N–H and O–H groups in total. The second-order valence-corrected chi connectivity index (χ2v) is 6.69. The first-order valence-corrected chi connectivity index (χ1v) is 8.72. The average Bonchev–Trinajstić information content (AvgIpc) is 2.86. The summed E-state index contributed by atoms with van der Waals surface area (Å²) in [4.78, 5) is 23.3. The molecule has 0 aliphatic rings. The molecule has 140 valence electrons. The van der Waals surface area contributed by atoms with Crippen molar-refractivity contribution < 1.29 is 9.59 Å². The lowest BCUT2D eigenvalue weighted by Crippen LogP contribution is -2.30. The molecular formula is C21H24N4O2. The molecule has 6 nitrogen and oxygen atoms in total. The molecule has 0 bridgehead atoms. The van der Waals surface area contributed by atoms with Crippen molar-refractivity contribution in [2.24, 2.45) is 0 Å². The Morgan fingerprint density at radius 3 is 2.33 bits per heavy atom. The topological polar surface area (TPSA) is 86.9 Å². The number of aryl methyl sites for hydroxylation is 1. The molecule has 0 aliphatic heterocycles. The highest BCUT2D eigenvalue weighted by Gasteiger charge is 2.14. The fraction of sp³-hybridized carbons (Fsp3) is 0.286. The van der Waals surface area contributed by atoms with Crippen LogP contribution in [0.15, 0.2) is 35.9 Å². The molecule has 6 heteroatoms. The number of rotatable bonds is 5. The number of nitrogens with zero attached hydrogens (tertiary/aromatic N) is 2. The molecular weight excluding hydrogens is 340 g/mol. The predicted molar refractivity (Wildman–Crippen MR) is 106 cm³/mol. The van der Waals surface area contributed by atoms with Gasteiger partial charge >= 0.3 is 0 Å². The normalized spacial score (nSPS) is 11.2. The van der Waals surface area contributed by atoms with Gasteiger partial charge in [-0.2, -0.15) is 5.26 Å². The Bertz CT molecular complexity index is 928. The molecule has 0 fully saturated rings. The van der Waals surface area contributed by atoms with E-state index >= 15 is 0 Å². The second-order valence-electron chi connectivity index (χ2n) is 6.69. The molecule has 2 aromatic rings. The fourth-order valence-corrected chi connectivity index (χ4v) is 2.87. The van der Waals surface area contributed by atoms with E-state index < -0.39 is 0 Å². The van der Waals surface area contributed by atoms with Crippen molar-refractivity contribution in [1.82, 2.24) is 9.88 Å². The zero-order valence-corrected chi connectivity index (χ0v) is 16.3. The van der Waals surface area contributed by atoms with Crippen LogP contribution in [0.5, 0.6) is 0 Å². The number of nitriles is 1. The minimum atomic E-state index is -0.378. The van der Waals surface area contributed by atoms with Gasteiger partial charge in [0.15, 0.2) is 0 Å². The van der Waals surface area contributed by atoms with Crippen LogP contribution in [0.4, 0.5) is 5.69 Å². The Morgan fingerprint density at radius 2 is 1.81 bits per heavy atom. The predicted octanol–water partition coefficient (Wildman–Crippen LogP) is 3.48. The van der Waals surface area contributed by atoms with E-state index in [1.807, 2.05) is 68.7 Å². The molecule has 0 atom stereocenters. The smallest absolute Gasteiger partial charge is 0.262 e. The van der Waals surface area contributed by atoms with E-state index in [2.05, 4.69) is 10.6 Å². The van der Waals surface area contributed by atoms with Gasteiger partial charge in [0.1, 0.15) is 11.6 Å². The van der Waals surface area contributed by atoms with E-state index in [1.54, 1.807) is 6.08 Å². The van der Waals surface area contributed by atoms with Crippen LogP contribution in [0.1, 0.15) is 37.7 Å². The quantitative estimate of drug-likeness (QED) is 0.629. The zero-order valence-electron chi connectivity index (χ0n) is 16.3. The third kappa shape index (κ3) is 4.85. The van der Waals surface area contributed by atoms with Crippen LogP contribution in [-0.2, 0) is 9.59 Å². The number of carbonyl (C=O) groups is 2. The van der Waals surface area contributed by atoms with Crippen molar-refractivity contribution in [2.45, 2.75) is 40.7 Å². The van der Waals surface area contributed by atoms with Gasteiger partial charge in [0, 0.05) is 35.7 Å². The van der Waals surface area contributed by atoms with Crippen LogP contribution < -0.4 is 10.6 Å². The first-order valence-electron chi connectivity index (χ1n) is 8.72. The maximum Gasteiger partial charge on any atom is 0.262 e. The third-order valence-corrected chi connectivity index (χ3v) is 4.00. The summed E-state index contributed by atoms with van der Waals surface area (Å²) in [5.41, 5.74) is 4.45. The average molecular weight is 364 g/mol. The summed E-state index contributed by atoms with van der Waals surface area (Å²) in [7, 11) is 0. The van der Waals surface area contributed by atoms with Crippen LogP contribution in [0.3, 0.4) is 0 Å². The van der Waals surface area contributed by atoms with Crippen LogP contribution in [0, 0.1) is 25.2 Å². The molecule has 0 saturated heterocycles. The molecule has 1 heterocycles. The Hall–Kier alpha value is -3.33. The highest BCUT2D eigenvalue weighted by atomic mass is 16.2. The van der Waals surface area contributed by atoms with Crippen molar-refractivity contribution in [1.29, 1.82) is 5.26 Å². The lowest BCUT2D eigenvalue weighted by Gasteiger charge is -2.11. The van der Waals surface area contributed by atoms with E-state index in [-0.39, 0.29) is 23.4 Å². The summed E-state index contributed by atoms with van der Waals surface area (Å²) in [6.07, 6.45) is 1.61. The van der Waals surface area contributed by atoms with E-state index in [4.69, 9.17) is 0 Å². The van der Waals surface area contributed by atoms with Gasteiger partial charge in [0.05, 0.1) is 0 Å². The largest absolute Gasteiger partial charge is 0.349 e. The molecule has 2 amide bonds. The summed E-state index contributed by atoms with van der Waals surface area (Å²) < 4.78 is 2.04. The Labute approximate surface area is 159 Å². The highest BCUT2D eigenvalue weighted by molar-refractivity contribution is 6.02. The van der Waals surface area contributed by atoms with Gasteiger partial charge in [-0.3, -0.25) is 9.59 Å². The SMILES string of the molecule is CC(=O)Nc1ccc(-n2c(C)cc(/C=C(/C#N)C(=O)NC(C)C)c2C)cc1. The Balaban J connectivity index is 2.39. The lowest BCUT2D eigenvalue weighted by atomic mass is 10.1. The number of hydrogen-bond donors (Lipinski definition) is 2. The number of benzene rings is 1. The van der Waals surface area contributed by atoms with Gasteiger partial charge in [-0.1, -0.05) is 0 Å². The Morgan fingerprint density at radius 1 is 1.19 bits per heavy atom. The molecule has 1 aromatic carbocycles. The monoisotopic (exact) mass is 364 g/mol. The summed E-state index contributed by atoms with van der Waals surface area (Å²) in [6, 6.07) is 11.4. The van der Waals surface area contributed by atoms with Crippen molar-refractivity contribution in [3.8, 4) is 11.8 Å². The number of anilines is 1. The van der Waals surface area contributed by atoms with Crippen molar-refractivity contribution in [3.63, 3.8) is 0 Å². The molecule has 1 aromatic heterocycles. The first kappa shape index (κ1) is 20.0. The van der Waals surface area contributed by atoms with Crippen LogP contribution in [-0.4, -0.2) is 22.4 Å². The van der Waals surface area contributed by atoms with Crippen molar-refractivity contribution >= 4 is 23.6 Å². The highest BCUT2D eigenvalue weighted by Crippen LogP contribution is 2.24. The number of carbonyl (C=O) groups excluding carboxylic acids is 2. The lowest BCUT2D eigenvalue weighted by molar-refractivity contribution is -0.117. The van der Waals surface area contributed by atoms with Gasteiger partial charge in [-0.25, -0.2) is 0 Å². The fourth-order valence-electron chi connectivity index (χ4n) is 2.87. The maximum atomic E-state index is 12.1. The number of nitrogens with one attached hydrogen (secondary N) is 2. The molecule has 27 heavy (non-hydrogen) atoms. The van der Waals surface area contributed by atoms with Gasteiger partial charge in [0.25, 0.3) is 5.91 Å². The third-order valence-electron chi connectivity index (χ3n) is 4.00. The molecule has 0 unspecified atom stereocenters. The standard InChI is InChI=1S/C21H24N4O2/c1-13(2)23-21(27)18(12-22)11-17-10-14(3)25(15(17)4)20-8-6-19(7-9-20)24-16(5)26/h6-11,13H,1-5H3,(H,23,27)(H,24,26)/b18-11-. The first-order chi connectivity index (χ1) is 12.7. The van der Waals surface area contributed by atoms with Crippen molar-refractivity contribution in [3.05, 3.63) is 52.9 Å². The van der Waals surface area contributed by atoms with Gasteiger partial charge < -0.3 is 15.2 Å². The van der Waals surface area contributed by atoms with Gasteiger partial charge in [0.2, 0.25) is 5.91 Å². The minimum Gasteiger partial charge on any atom is -0.349 e. The molecule has 0 spiro atoms. The molecule has 0 radical (unpaired) electrons. The van der Waals surface area contributed by atoms with Gasteiger partial charge in [-0.15, -0.1) is 0 Å². The van der Waals surface area contributed by atoms with E-state index in [0.29, 0.717) is 0 Å². The van der Waals surface area contributed by atoms with E-state index in [0.717, 1.165) is 28.3 Å². The number of amides is 2. The number of hydrogen-bond acceptors (Lipinski definition) is 3. The van der Waals surface area contributed by atoms with Crippen molar-refractivity contribution in [2.75, 3.05) is 5.32 Å². The molecule has 2 rings (SSSR count). The zero-order chi connectivity index (χ0) is 20.1. The van der Waals surface area contributed by atoms with E-state index in [1.165, 1.54) is 6.92 Å². The van der Waals surface area contributed by atoms with Crippen LogP contribution >= 0.6 is 0 Å². The second kappa shape index (κ2) is 8.37. The molecule has 0 aliphatic carbocycles. The van der Waals surface area contributed by atoms with Crippen LogP contribution in [0.25, 0.3) is 11.8 Å². The summed E-state index contributed by atoms with van der Waals surface area (Å²) in [5.74, 6) is -0.496. The summed E-state index contributed by atoms with van der Waals surface area (Å²) >= 11 is 0. The van der Waals surface area contributed by atoms with E-state index in [9.17, 15) is 14.9 Å². The summed E-state index contributed by atoms with van der Waals surface area (Å²) in [6.45, 7) is 9.07. The molecule has 0 saturated carbocycles. The number of aromatic nitrogens is 1.